The Bertz CT molecular complexity index is 863. The minimum Gasteiger partial charge on any atom is -0.477 e. The molecule has 1 aliphatic heterocycles. The molecule has 142 valence electrons. The van der Waals surface area contributed by atoms with Gasteiger partial charge in [-0.3, -0.25) is 9.59 Å². The Balaban J connectivity index is 1.67. The van der Waals surface area contributed by atoms with Gasteiger partial charge in [-0.05, 0) is 30.3 Å². The van der Waals surface area contributed by atoms with Crippen LogP contribution in [-0.2, 0) is 9.59 Å². The number of hydrogen-bond donors (Lipinski definition) is 1. The molecule has 0 unspecified atom stereocenters. The van der Waals surface area contributed by atoms with E-state index < -0.39 is 17.7 Å². The number of benzene rings is 2. The summed E-state index contributed by atoms with van der Waals surface area (Å²) < 4.78 is 31.9. The maximum Gasteiger partial charge on any atom is 0.262 e. The van der Waals surface area contributed by atoms with E-state index in [0.29, 0.717) is 22.1 Å². The van der Waals surface area contributed by atoms with Crippen molar-refractivity contribution in [2.24, 2.45) is 0 Å². The SMILES string of the molecule is CNC(=O)[C@H]1CN(C(=O)CCSc2ccc(F)c(F)c2)c2ccccc2O1. The van der Waals surface area contributed by atoms with E-state index in [9.17, 15) is 18.4 Å². The number of anilines is 1. The molecular weight excluding hydrogens is 374 g/mol. The molecule has 1 N–H and O–H groups in total. The largest absolute Gasteiger partial charge is 0.477 e. The number of ether oxygens (including phenoxy) is 1. The van der Waals surface area contributed by atoms with Crippen LogP contribution in [-0.4, -0.2) is 37.3 Å². The Morgan fingerprint density at radius 3 is 2.74 bits per heavy atom. The zero-order chi connectivity index (χ0) is 19.4. The fourth-order valence-electron chi connectivity index (χ4n) is 2.73. The lowest BCUT2D eigenvalue weighted by molar-refractivity contribution is -0.127. The van der Waals surface area contributed by atoms with Gasteiger partial charge >= 0.3 is 0 Å². The molecule has 3 rings (SSSR count). The Kier molecular flexibility index (Phi) is 5.95. The molecule has 0 aliphatic carbocycles. The molecule has 0 aromatic heterocycles. The number of halogens is 2. The van der Waals surface area contributed by atoms with Crippen LogP contribution in [0.4, 0.5) is 14.5 Å². The number of amides is 2. The lowest BCUT2D eigenvalue weighted by Gasteiger charge is -2.34. The Morgan fingerprint density at radius 2 is 2.00 bits per heavy atom. The van der Waals surface area contributed by atoms with Crippen LogP contribution in [0.3, 0.4) is 0 Å². The summed E-state index contributed by atoms with van der Waals surface area (Å²) in [6.07, 6.45) is -0.606. The minimum absolute atomic E-state index is 0.116. The van der Waals surface area contributed by atoms with Crippen molar-refractivity contribution in [1.82, 2.24) is 5.32 Å². The second-order valence-corrected chi connectivity index (χ2v) is 7.04. The van der Waals surface area contributed by atoms with Crippen LogP contribution in [0.2, 0.25) is 0 Å². The van der Waals surface area contributed by atoms with Gasteiger partial charge in [0.05, 0.1) is 12.2 Å². The van der Waals surface area contributed by atoms with Crippen LogP contribution < -0.4 is 15.0 Å². The molecule has 1 aliphatic rings. The first kappa shape index (κ1) is 19.2. The number of fused-ring (bicyclic) bond motifs is 1. The number of carbonyl (C=O) groups excluding carboxylic acids is 2. The Morgan fingerprint density at radius 1 is 1.22 bits per heavy atom. The van der Waals surface area contributed by atoms with E-state index in [0.717, 1.165) is 12.1 Å². The summed E-state index contributed by atoms with van der Waals surface area (Å²) in [5.74, 6) is -1.43. The maximum absolute atomic E-state index is 13.3. The first-order valence-electron chi connectivity index (χ1n) is 8.35. The van der Waals surface area contributed by atoms with E-state index in [4.69, 9.17) is 4.74 Å². The second-order valence-electron chi connectivity index (χ2n) is 5.87. The van der Waals surface area contributed by atoms with Gasteiger partial charge in [0.25, 0.3) is 5.91 Å². The first-order chi connectivity index (χ1) is 13.0. The molecule has 1 atom stereocenters. The van der Waals surface area contributed by atoms with E-state index in [1.165, 1.54) is 29.8 Å². The van der Waals surface area contributed by atoms with Gasteiger partial charge in [0.15, 0.2) is 17.7 Å². The molecule has 0 spiro atoms. The number of nitrogens with one attached hydrogen (secondary N) is 1. The van der Waals surface area contributed by atoms with Gasteiger partial charge in [0, 0.05) is 24.1 Å². The van der Waals surface area contributed by atoms with Crippen molar-refractivity contribution < 1.29 is 23.1 Å². The normalized spacial score (nSPS) is 15.7. The van der Waals surface area contributed by atoms with Gasteiger partial charge in [-0.2, -0.15) is 0 Å². The summed E-state index contributed by atoms with van der Waals surface area (Å²) in [6.45, 7) is 0.116. The molecule has 1 heterocycles. The second kappa shape index (κ2) is 8.39. The molecule has 0 saturated heterocycles. The van der Waals surface area contributed by atoms with E-state index in [-0.39, 0.29) is 24.8 Å². The third-order valence-corrected chi connectivity index (χ3v) is 5.08. The van der Waals surface area contributed by atoms with E-state index >= 15 is 0 Å². The molecule has 0 saturated carbocycles. The first-order valence-corrected chi connectivity index (χ1v) is 9.33. The summed E-state index contributed by atoms with van der Waals surface area (Å²) in [5.41, 5.74) is 0.612. The Hall–Kier alpha value is -2.61. The standard InChI is InChI=1S/C19H18F2N2O3S/c1-22-19(25)17-11-23(15-4-2-3-5-16(15)26-17)18(24)8-9-27-12-6-7-13(20)14(21)10-12/h2-7,10,17H,8-9,11H2,1H3,(H,22,25)/t17-/m1/s1. The van der Waals surface area contributed by atoms with Crippen LogP contribution >= 0.6 is 11.8 Å². The molecule has 0 bridgehead atoms. The number of thioether (sulfide) groups is 1. The smallest absolute Gasteiger partial charge is 0.262 e. The molecule has 2 aromatic carbocycles. The quantitative estimate of drug-likeness (QED) is 0.795. The van der Waals surface area contributed by atoms with Gasteiger partial charge in [-0.15, -0.1) is 11.8 Å². The minimum atomic E-state index is -0.915. The summed E-state index contributed by atoms with van der Waals surface area (Å²) in [7, 11) is 1.51. The van der Waals surface area contributed by atoms with Gasteiger partial charge in [-0.1, -0.05) is 12.1 Å². The third kappa shape index (κ3) is 4.39. The number of carbonyl (C=O) groups is 2. The third-order valence-electron chi connectivity index (χ3n) is 4.09. The van der Waals surface area contributed by atoms with Crippen molar-refractivity contribution in [3.8, 4) is 5.75 Å². The zero-order valence-electron chi connectivity index (χ0n) is 14.6. The van der Waals surface area contributed by atoms with Crippen molar-refractivity contribution in [1.29, 1.82) is 0 Å². The van der Waals surface area contributed by atoms with Gasteiger partial charge in [0.2, 0.25) is 5.91 Å². The van der Waals surface area contributed by atoms with Gasteiger partial charge < -0.3 is 15.0 Å². The molecule has 2 amide bonds. The number of nitrogens with zero attached hydrogens (tertiary/aromatic N) is 1. The average molecular weight is 392 g/mol. The average Bonchev–Trinajstić information content (AvgIpc) is 2.69. The number of para-hydroxylation sites is 2. The molecule has 0 fully saturated rings. The van der Waals surface area contributed by atoms with Crippen molar-refractivity contribution in [2.45, 2.75) is 17.4 Å². The van der Waals surface area contributed by atoms with Crippen LogP contribution in [0.1, 0.15) is 6.42 Å². The highest BCUT2D eigenvalue weighted by Gasteiger charge is 2.32. The predicted molar refractivity (Wildman–Crippen MR) is 99.0 cm³/mol. The van der Waals surface area contributed by atoms with Crippen molar-refractivity contribution in [2.75, 3.05) is 24.2 Å². The van der Waals surface area contributed by atoms with Gasteiger partial charge in [0.1, 0.15) is 5.75 Å². The maximum atomic E-state index is 13.3. The molecule has 8 heteroatoms. The monoisotopic (exact) mass is 392 g/mol. The van der Waals surface area contributed by atoms with Crippen LogP contribution in [0.15, 0.2) is 47.4 Å². The van der Waals surface area contributed by atoms with E-state index in [1.54, 1.807) is 24.3 Å². The van der Waals surface area contributed by atoms with Crippen LogP contribution in [0, 0.1) is 11.6 Å². The molecule has 2 aromatic rings. The number of hydrogen-bond acceptors (Lipinski definition) is 4. The molecule has 5 nitrogen and oxygen atoms in total. The highest BCUT2D eigenvalue weighted by Crippen LogP contribution is 2.34. The zero-order valence-corrected chi connectivity index (χ0v) is 15.4. The van der Waals surface area contributed by atoms with E-state index in [1.807, 2.05) is 0 Å². The lowest BCUT2D eigenvalue weighted by atomic mass is 10.1. The van der Waals surface area contributed by atoms with Crippen molar-refractivity contribution >= 4 is 29.3 Å². The summed E-state index contributed by atoms with van der Waals surface area (Å²) in [4.78, 5) is 26.8. The highest BCUT2D eigenvalue weighted by atomic mass is 32.2. The fraction of sp³-hybridized carbons (Fsp3) is 0.263. The fourth-order valence-corrected chi connectivity index (χ4v) is 3.59. The molecule has 27 heavy (non-hydrogen) atoms. The summed E-state index contributed by atoms with van der Waals surface area (Å²) in [5, 5.41) is 2.53. The number of rotatable bonds is 5. The Labute approximate surface area is 159 Å². The summed E-state index contributed by atoms with van der Waals surface area (Å²) >= 11 is 1.26. The van der Waals surface area contributed by atoms with E-state index in [2.05, 4.69) is 5.32 Å². The lowest BCUT2D eigenvalue weighted by Crippen LogP contribution is -2.50. The topological polar surface area (TPSA) is 58.6 Å². The summed E-state index contributed by atoms with van der Waals surface area (Å²) in [6, 6.07) is 10.7. The van der Waals surface area contributed by atoms with Crippen molar-refractivity contribution in [3.05, 3.63) is 54.1 Å². The number of likely N-dealkylation sites (N-methyl/N-ethyl adjacent to an activating group) is 1. The van der Waals surface area contributed by atoms with Crippen LogP contribution in [0.5, 0.6) is 5.75 Å². The molecular formula is C19H18F2N2O3S. The predicted octanol–water partition coefficient (Wildman–Crippen LogP) is 2.99. The van der Waals surface area contributed by atoms with Gasteiger partial charge in [-0.25, -0.2) is 8.78 Å². The van der Waals surface area contributed by atoms with Crippen molar-refractivity contribution in [3.63, 3.8) is 0 Å². The molecule has 0 radical (unpaired) electrons. The highest BCUT2D eigenvalue weighted by molar-refractivity contribution is 7.99. The van der Waals surface area contributed by atoms with Crippen LogP contribution in [0.25, 0.3) is 0 Å².